The fourth-order valence-electron chi connectivity index (χ4n) is 3.01. The molecule has 7 heteroatoms. The van der Waals surface area contributed by atoms with Gasteiger partial charge in [-0.2, -0.15) is 0 Å². The number of aryl methyl sites for hydroxylation is 3. The monoisotopic (exact) mass is 474 g/mol. The van der Waals surface area contributed by atoms with E-state index in [0.717, 1.165) is 43.2 Å². The third-order valence-corrected chi connectivity index (χ3v) is 5.60. The van der Waals surface area contributed by atoms with Crippen LogP contribution < -0.4 is 14.8 Å². The van der Waals surface area contributed by atoms with Crippen LogP contribution in [0.1, 0.15) is 22.9 Å². The van der Waals surface area contributed by atoms with E-state index in [2.05, 4.69) is 26.2 Å². The summed E-state index contributed by atoms with van der Waals surface area (Å²) >= 11 is 4.91. The van der Waals surface area contributed by atoms with E-state index in [9.17, 15) is 4.79 Å². The predicted molar refractivity (Wildman–Crippen MR) is 121 cm³/mol. The summed E-state index contributed by atoms with van der Waals surface area (Å²) in [5.41, 5.74) is 3.80. The lowest BCUT2D eigenvalue weighted by molar-refractivity contribution is -0.118. The number of nitrogens with zero attached hydrogens (tertiary/aromatic N) is 1. The number of carbonyl (C=O) groups excluding carboxylic acids is 1. The molecule has 1 aromatic heterocycles. The van der Waals surface area contributed by atoms with E-state index in [1.807, 2.05) is 64.1 Å². The van der Waals surface area contributed by atoms with Gasteiger partial charge in [0.15, 0.2) is 11.7 Å². The number of thiazole rings is 1. The molecule has 5 nitrogen and oxygen atoms in total. The van der Waals surface area contributed by atoms with Crippen molar-refractivity contribution in [3.05, 3.63) is 56.9 Å². The maximum Gasteiger partial charge on any atom is 0.264 e. The summed E-state index contributed by atoms with van der Waals surface area (Å²) < 4.78 is 12.2. The molecule has 0 atom stereocenters. The number of nitrogens with one attached hydrogen (secondary N) is 1. The van der Waals surface area contributed by atoms with Crippen LogP contribution in [0.5, 0.6) is 11.5 Å². The van der Waals surface area contributed by atoms with Gasteiger partial charge in [0.1, 0.15) is 11.5 Å². The van der Waals surface area contributed by atoms with Crippen LogP contribution >= 0.6 is 27.3 Å². The number of hydrogen-bond donors (Lipinski definition) is 1. The van der Waals surface area contributed by atoms with E-state index >= 15 is 0 Å². The molecule has 29 heavy (non-hydrogen) atoms. The van der Waals surface area contributed by atoms with Gasteiger partial charge in [-0.05, 0) is 75.2 Å². The SMILES string of the molecule is CCOc1ccc(-c2nc(NC(=O)COc3c(C)cc(Br)cc3C)sc2C)cc1. The molecule has 0 fully saturated rings. The van der Waals surface area contributed by atoms with Crippen molar-refractivity contribution in [2.45, 2.75) is 27.7 Å². The second-order valence-corrected chi connectivity index (χ2v) is 8.71. The standard InChI is InChI=1S/C22H23BrN2O3S/c1-5-27-18-8-6-16(7-9-18)20-15(4)29-22(25-20)24-19(26)12-28-21-13(2)10-17(23)11-14(21)3/h6-11H,5,12H2,1-4H3,(H,24,25,26). The molecule has 0 aliphatic heterocycles. The molecule has 0 saturated carbocycles. The molecule has 1 amide bonds. The largest absolute Gasteiger partial charge is 0.494 e. The summed E-state index contributed by atoms with van der Waals surface area (Å²) in [6, 6.07) is 11.7. The van der Waals surface area contributed by atoms with E-state index in [-0.39, 0.29) is 12.5 Å². The minimum absolute atomic E-state index is 0.0691. The maximum absolute atomic E-state index is 12.4. The Morgan fingerprint density at radius 2 is 1.76 bits per heavy atom. The Morgan fingerprint density at radius 3 is 2.38 bits per heavy atom. The van der Waals surface area contributed by atoms with Crippen LogP contribution in [-0.2, 0) is 4.79 Å². The Bertz CT molecular complexity index is 992. The number of anilines is 1. The number of rotatable bonds is 7. The van der Waals surface area contributed by atoms with E-state index in [4.69, 9.17) is 9.47 Å². The zero-order valence-corrected chi connectivity index (χ0v) is 19.2. The van der Waals surface area contributed by atoms with Gasteiger partial charge >= 0.3 is 0 Å². The summed E-state index contributed by atoms with van der Waals surface area (Å²) in [7, 11) is 0. The zero-order chi connectivity index (χ0) is 21.0. The van der Waals surface area contributed by atoms with Gasteiger partial charge in [0.2, 0.25) is 0 Å². The lowest BCUT2D eigenvalue weighted by atomic mass is 10.1. The summed E-state index contributed by atoms with van der Waals surface area (Å²) in [5, 5.41) is 3.39. The van der Waals surface area contributed by atoms with E-state index in [0.29, 0.717) is 11.7 Å². The molecule has 0 aliphatic carbocycles. The van der Waals surface area contributed by atoms with Gasteiger partial charge < -0.3 is 9.47 Å². The second-order valence-electron chi connectivity index (χ2n) is 6.59. The predicted octanol–water partition coefficient (Wildman–Crippen LogP) is 5.91. The van der Waals surface area contributed by atoms with Crippen molar-refractivity contribution in [2.24, 2.45) is 0 Å². The highest BCUT2D eigenvalue weighted by molar-refractivity contribution is 9.10. The van der Waals surface area contributed by atoms with Gasteiger partial charge in [-0.25, -0.2) is 4.98 Å². The van der Waals surface area contributed by atoms with Gasteiger partial charge in [-0.3, -0.25) is 10.1 Å². The quantitative estimate of drug-likeness (QED) is 0.461. The van der Waals surface area contributed by atoms with Gasteiger partial charge in [-0.15, -0.1) is 11.3 Å². The molecule has 3 rings (SSSR count). The number of halogens is 1. The average molecular weight is 475 g/mol. The van der Waals surface area contributed by atoms with E-state index in [1.54, 1.807) is 0 Å². The second kappa shape index (κ2) is 9.41. The molecule has 0 saturated heterocycles. The van der Waals surface area contributed by atoms with Gasteiger partial charge in [0, 0.05) is 14.9 Å². The minimum Gasteiger partial charge on any atom is -0.494 e. The Kier molecular flexibility index (Phi) is 6.92. The normalized spacial score (nSPS) is 10.7. The molecule has 0 aliphatic rings. The number of hydrogen-bond acceptors (Lipinski definition) is 5. The van der Waals surface area contributed by atoms with Crippen molar-refractivity contribution in [2.75, 3.05) is 18.5 Å². The fraction of sp³-hybridized carbons (Fsp3) is 0.273. The van der Waals surface area contributed by atoms with Crippen molar-refractivity contribution < 1.29 is 14.3 Å². The van der Waals surface area contributed by atoms with E-state index < -0.39 is 0 Å². The zero-order valence-electron chi connectivity index (χ0n) is 16.8. The molecule has 0 spiro atoms. The van der Waals surface area contributed by atoms with Gasteiger partial charge in [0.05, 0.1) is 12.3 Å². The molecule has 0 bridgehead atoms. The molecule has 0 radical (unpaired) electrons. The van der Waals surface area contributed by atoms with Crippen LogP contribution in [0, 0.1) is 20.8 Å². The molecule has 2 aromatic carbocycles. The molecule has 1 N–H and O–H groups in total. The van der Waals surface area contributed by atoms with Crippen molar-refractivity contribution in [3.8, 4) is 22.8 Å². The molecule has 1 heterocycles. The topological polar surface area (TPSA) is 60.5 Å². The Hall–Kier alpha value is -2.38. The Balaban J connectivity index is 1.65. The minimum atomic E-state index is -0.237. The number of amides is 1. The molecule has 0 unspecified atom stereocenters. The van der Waals surface area contributed by atoms with Crippen LogP contribution in [-0.4, -0.2) is 24.1 Å². The fourth-order valence-corrected chi connectivity index (χ4v) is 4.55. The maximum atomic E-state index is 12.4. The first-order valence-electron chi connectivity index (χ1n) is 9.27. The molecular formula is C22H23BrN2O3S. The van der Waals surface area contributed by atoms with Crippen molar-refractivity contribution in [1.29, 1.82) is 0 Å². The van der Waals surface area contributed by atoms with Crippen molar-refractivity contribution in [1.82, 2.24) is 4.98 Å². The molecular weight excluding hydrogens is 452 g/mol. The summed E-state index contributed by atoms with van der Waals surface area (Å²) in [6.45, 7) is 8.42. The van der Waals surface area contributed by atoms with Gasteiger partial charge in [-0.1, -0.05) is 15.9 Å². The van der Waals surface area contributed by atoms with Gasteiger partial charge in [0.25, 0.3) is 5.91 Å². The first kappa shape index (κ1) is 21.3. The number of benzene rings is 2. The number of ether oxygens (including phenoxy) is 2. The third kappa shape index (κ3) is 5.36. The first-order chi connectivity index (χ1) is 13.9. The van der Waals surface area contributed by atoms with Crippen LogP contribution in [0.3, 0.4) is 0 Å². The highest BCUT2D eigenvalue weighted by Crippen LogP contribution is 2.31. The highest BCUT2D eigenvalue weighted by atomic mass is 79.9. The van der Waals surface area contributed by atoms with Crippen LogP contribution in [0.4, 0.5) is 5.13 Å². The molecule has 3 aromatic rings. The van der Waals surface area contributed by atoms with Crippen LogP contribution in [0.15, 0.2) is 40.9 Å². The molecule has 152 valence electrons. The summed E-state index contributed by atoms with van der Waals surface area (Å²) in [6.07, 6.45) is 0. The van der Waals surface area contributed by atoms with Crippen LogP contribution in [0.2, 0.25) is 0 Å². The smallest absolute Gasteiger partial charge is 0.264 e. The number of carbonyl (C=O) groups is 1. The van der Waals surface area contributed by atoms with Crippen molar-refractivity contribution in [3.63, 3.8) is 0 Å². The van der Waals surface area contributed by atoms with Crippen molar-refractivity contribution >= 4 is 38.3 Å². The third-order valence-electron chi connectivity index (χ3n) is 4.25. The lowest BCUT2D eigenvalue weighted by Gasteiger charge is -2.12. The summed E-state index contributed by atoms with van der Waals surface area (Å²) in [4.78, 5) is 18.0. The summed E-state index contributed by atoms with van der Waals surface area (Å²) in [5.74, 6) is 1.32. The van der Waals surface area contributed by atoms with Crippen LogP contribution in [0.25, 0.3) is 11.3 Å². The highest BCUT2D eigenvalue weighted by Gasteiger charge is 2.14. The Labute approximate surface area is 183 Å². The van der Waals surface area contributed by atoms with E-state index in [1.165, 1.54) is 11.3 Å². The first-order valence-corrected chi connectivity index (χ1v) is 10.9. The lowest BCUT2D eigenvalue weighted by Crippen LogP contribution is -2.20. The number of aromatic nitrogens is 1. The average Bonchev–Trinajstić information content (AvgIpc) is 3.01. The Morgan fingerprint density at radius 1 is 1.10 bits per heavy atom.